The van der Waals surface area contributed by atoms with E-state index >= 15 is 0 Å². The van der Waals surface area contributed by atoms with Crippen LogP contribution in [0.4, 0.5) is 13.2 Å². The van der Waals surface area contributed by atoms with Crippen molar-refractivity contribution in [2.75, 3.05) is 0 Å². The summed E-state index contributed by atoms with van der Waals surface area (Å²) in [6.07, 6.45) is 6.42. The van der Waals surface area contributed by atoms with Gasteiger partial charge < -0.3 is 5.11 Å². The average molecular weight is 460 g/mol. The van der Waals surface area contributed by atoms with Gasteiger partial charge in [0.05, 0.1) is 5.56 Å². The number of sulfonamides is 1. The minimum Gasteiger partial charge on any atom is -0.481 e. The van der Waals surface area contributed by atoms with Gasteiger partial charge in [0.2, 0.25) is 10.0 Å². The number of hydrogen-bond donors (Lipinski definition) is 2. The van der Waals surface area contributed by atoms with Crippen LogP contribution in [-0.4, -0.2) is 25.5 Å². The Morgan fingerprint density at radius 3 is 2.45 bits per heavy atom. The van der Waals surface area contributed by atoms with Gasteiger partial charge in [0, 0.05) is 17.9 Å². The van der Waals surface area contributed by atoms with Gasteiger partial charge in [-0.3, -0.25) is 4.79 Å². The molecule has 2 unspecified atom stereocenters. The molecule has 1 aliphatic carbocycles. The molecule has 1 saturated carbocycles. The van der Waals surface area contributed by atoms with Crippen molar-refractivity contribution in [1.82, 2.24) is 4.72 Å². The Kier molecular flexibility index (Phi) is 9.31. The molecule has 0 amide bonds. The van der Waals surface area contributed by atoms with E-state index in [9.17, 15) is 26.4 Å². The van der Waals surface area contributed by atoms with Crippen LogP contribution in [0.5, 0.6) is 0 Å². The second kappa shape index (κ2) is 11.5. The normalized spacial score (nSPS) is 20.5. The zero-order valence-corrected chi connectivity index (χ0v) is 18.0. The topological polar surface area (TPSA) is 83.5 Å². The predicted molar refractivity (Wildman–Crippen MR) is 114 cm³/mol. The Bertz CT molecular complexity index is 877. The maximum absolute atomic E-state index is 12.6. The van der Waals surface area contributed by atoms with E-state index in [0.717, 1.165) is 43.2 Å². The summed E-state index contributed by atoms with van der Waals surface area (Å²) >= 11 is 0. The largest absolute Gasteiger partial charge is 0.481 e. The highest BCUT2D eigenvalue weighted by Gasteiger charge is 2.30. The molecule has 1 aromatic carbocycles. The van der Waals surface area contributed by atoms with E-state index in [0.29, 0.717) is 24.8 Å². The number of alkyl halides is 3. The molecule has 0 spiro atoms. The van der Waals surface area contributed by atoms with E-state index in [1.165, 1.54) is 18.2 Å². The number of benzene rings is 1. The summed E-state index contributed by atoms with van der Waals surface area (Å²) < 4.78 is 65.5. The van der Waals surface area contributed by atoms with Crippen molar-refractivity contribution in [3.63, 3.8) is 0 Å². The quantitative estimate of drug-likeness (QED) is 0.365. The number of allylic oxidation sites excluding steroid dienone is 2. The van der Waals surface area contributed by atoms with E-state index < -0.39 is 27.7 Å². The number of carboxylic acid groups (broad SMARTS) is 1. The van der Waals surface area contributed by atoms with E-state index in [2.05, 4.69) is 4.72 Å². The number of rotatable bonds is 10. The number of hydrogen-bond acceptors (Lipinski definition) is 3. The molecule has 9 heteroatoms. The van der Waals surface area contributed by atoms with Crippen molar-refractivity contribution in [2.24, 2.45) is 5.92 Å². The smallest absolute Gasteiger partial charge is 0.416 e. The number of unbranched alkanes of at least 4 members (excludes halogenated alkanes) is 1. The van der Waals surface area contributed by atoms with E-state index in [1.807, 2.05) is 12.2 Å². The molecule has 2 atom stereocenters. The van der Waals surface area contributed by atoms with Crippen molar-refractivity contribution in [2.45, 2.75) is 63.6 Å². The zero-order chi connectivity index (χ0) is 22.9. The molecule has 1 fully saturated rings. The Balaban J connectivity index is 1.92. The summed E-state index contributed by atoms with van der Waals surface area (Å²) in [4.78, 5) is 10.5. The number of carbonyl (C=O) groups is 1. The molecular formula is C22H28F3NO4S. The number of nitrogens with one attached hydrogen (secondary N) is 1. The van der Waals surface area contributed by atoms with Crippen LogP contribution in [0.3, 0.4) is 0 Å². The second-order valence-electron chi connectivity index (χ2n) is 7.73. The summed E-state index contributed by atoms with van der Waals surface area (Å²) in [5.74, 6) is -0.668. The molecule has 1 aliphatic rings. The summed E-state index contributed by atoms with van der Waals surface area (Å²) in [5, 5.41) is 9.63. The van der Waals surface area contributed by atoms with E-state index in [-0.39, 0.29) is 18.4 Å². The molecule has 0 heterocycles. The molecule has 0 aliphatic heterocycles. The third kappa shape index (κ3) is 9.26. The summed E-state index contributed by atoms with van der Waals surface area (Å²) in [6, 6.07) is 4.08. The van der Waals surface area contributed by atoms with Gasteiger partial charge in [-0.25, -0.2) is 13.1 Å². The van der Waals surface area contributed by atoms with E-state index in [4.69, 9.17) is 5.11 Å². The molecule has 172 valence electrons. The molecule has 0 bridgehead atoms. The van der Waals surface area contributed by atoms with Crippen LogP contribution in [0.1, 0.15) is 62.5 Å². The lowest BCUT2D eigenvalue weighted by Gasteiger charge is -2.31. The minimum absolute atomic E-state index is 0.126. The molecule has 31 heavy (non-hydrogen) atoms. The van der Waals surface area contributed by atoms with Crippen molar-refractivity contribution in [3.8, 4) is 0 Å². The Labute approximate surface area is 181 Å². The first-order valence-electron chi connectivity index (χ1n) is 10.3. The van der Waals surface area contributed by atoms with Crippen LogP contribution >= 0.6 is 0 Å². The van der Waals surface area contributed by atoms with Crippen molar-refractivity contribution in [1.29, 1.82) is 0 Å². The monoisotopic (exact) mass is 459 g/mol. The van der Waals surface area contributed by atoms with Crippen molar-refractivity contribution >= 4 is 22.1 Å². The summed E-state index contributed by atoms with van der Waals surface area (Å²) in [5.41, 5.74) is -0.422. The Hall–Kier alpha value is -2.13. The average Bonchev–Trinajstić information content (AvgIpc) is 2.69. The third-order valence-corrected chi connectivity index (χ3v) is 6.39. The Morgan fingerprint density at radius 1 is 1.13 bits per heavy atom. The van der Waals surface area contributed by atoms with Gasteiger partial charge in [-0.1, -0.05) is 37.1 Å². The van der Waals surface area contributed by atoms with Gasteiger partial charge in [0.25, 0.3) is 0 Å². The lowest BCUT2D eigenvalue weighted by atomic mass is 9.83. The maximum Gasteiger partial charge on any atom is 0.416 e. The van der Waals surface area contributed by atoms with Crippen LogP contribution in [0, 0.1) is 5.92 Å². The van der Waals surface area contributed by atoms with Gasteiger partial charge in [0.15, 0.2) is 0 Å². The summed E-state index contributed by atoms with van der Waals surface area (Å²) in [6.45, 7) is 0. The SMILES string of the molecule is O=C(O)CCC/C=C/CC1CCCCC1NS(=O)(=O)/C=C/c1ccc(C(F)(F)F)cc1. The molecule has 2 rings (SSSR count). The third-order valence-electron chi connectivity index (χ3n) is 5.27. The van der Waals surface area contributed by atoms with Gasteiger partial charge in [-0.05, 0) is 61.8 Å². The first-order valence-corrected chi connectivity index (χ1v) is 11.9. The summed E-state index contributed by atoms with van der Waals surface area (Å²) in [7, 11) is -3.74. The van der Waals surface area contributed by atoms with Crippen LogP contribution in [0.25, 0.3) is 6.08 Å². The molecule has 1 aromatic rings. The highest BCUT2D eigenvalue weighted by molar-refractivity contribution is 7.92. The fraction of sp³-hybridized carbons (Fsp3) is 0.500. The van der Waals surface area contributed by atoms with Gasteiger partial charge >= 0.3 is 12.1 Å². The van der Waals surface area contributed by atoms with Gasteiger partial charge in [-0.15, -0.1) is 0 Å². The lowest BCUT2D eigenvalue weighted by molar-refractivity contribution is -0.138. The Morgan fingerprint density at radius 2 is 1.81 bits per heavy atom. The van der Waals surface area contributed by atoms with Gasteiger partial charge in [-0.2, -0.15) is 13.2 Å². The fourth-order valence-electron chi connectivity index (χ4n) is 3.61. The second-order valence-corrected chi connectivity index (χ2v) is 9.33. The van der Waals surface area contributed by atoms with Crippen molar-refractivity contribution < 1.29 is 31.5 Å². The molecule has 0 aromatic heterocycles. The maximum atomic E-state index is 12.6. The van der Waals surface area contributed by atoms with Crippen molar-refractivity contribution in [3.05, 3.63) is 53.0 Å². The lowest BCUT2D eigenvalue weighted by Crippen LogP contribution is -2.41. The molecular weight excluding hydrogens is 431 g/mol. The molecule has 0 saturated heterocycles. The van der Waals surface area contributed by atoms with Gasteiger partial charge in [0.1, 0.15) is 0 Å². The molecule has 0 radical (unpaired) electrons. The highest BCUT2D eigenvalue weighted by atomic mass is 32.2. The zero-order valence-electron chi connectivity index (χ0n) is 17.1. The fourth-order valence-corrected chi connectivity index (χ4v) is 4.75. The van der Waals surface area contributed by atoms with Crippen LogP contribution < -0.4 is 4.72 Å². The standard InChI is InChI=1S/C22H28F3NO4S/c23-22(24,25)19-13-11-17(12-14-19)15-16-31(29,30)26-20-9-6-5-8-18(20)7-3-1-2-4-10-21(27)28/h1,3,11-16,18,20,26H,2,4-10H2,(H,27,28)/b3-1+,16-15+. The minimum atomic E-state index is -4.43. The van der Waals surface area contributed by atoms with Crippen LogP contribution in [0.15, 0.2) is 41.8 Å². The van der Waals surface area contributed by atoms with Crippen LogP contribution in [0.2, 0.25) is 0 Å². The number of aliphatic carboxylic acids is 1. The predicted octanol–water partition coefficient (Wildman–Crippen LogP) is 5.36. The number of halogens is 3. The first-order chi connectivity index (χ1) is 14.6. The van der Waals surface area contributed by atoms with E-state index in [1.54, 1.807) is 0 Å². The highest BCUT2D eigenvalue weighted by Crippen LogP contribution is 2.30. The molecule has 2 N–H and O–H groups in total. The first kappa shape index (κ1) is 25.1. The number of carboxylic acids is 1. The molecule has 5 nitrogen and oxygen atoms in total. The van der Waals surface area contributed by atoms with Crippen LogP contribution in [-0.2, 0) is 21.0 Å².